The molecule has 0 unspecified atom stereocenters. The number of nitrogens with one attached hydrogen (secondary N) is 2. The first-order valence-electron chi connectivity index (χ1n) is 6.12. The van der Waals surface area contributed by atoms with Crippen molar-refractivity contribution in [2.75, 3.05) is 5.32 Å². The van der Waals surface area contributed by atoms with Gasteiger partial charge in [0, 0.05) is 21.6 Å². The molecule has 0 fully saturated rings. The van der Waals surface area contributed by atoms with Crippen molar-refractivity contribution in [1.82, 2.24) is 5.32 Å². The number of hydrogen-bond donors (Lipinski definition) is 2. The van der Waals surface area contributed by atoms with Gasteiger partial charge >= 0.3 is 6.03 Å². The maximum Gasteiger partial charge on any atom is 0.319 e. The lowest BCUT2D eigenvalue weighted by atomic mass is 10.2. The average molecular weight is 362 g/mol. The molecule has 0 atom stereocenters. The number of carbonyl (C=O) groups excluding carboxylic acids is 1. The Bertz CT molecular complexity index is 667. The lowest BCUT2D eigenvalue weighted by Gasteiger charge is -2.08. The number of urea groups is 1. The van der Waals surface area contributed by atoms with E-state index in [-0.39, 0.29) is 6.03 Å². The highest BCUT2D eigenvalue weighted by atomic mass is 79.9. The Morgan fingerprint density at radius 1 is 1.24 bits per heavy atom. The molecule has 0 saturated carbocycles. The van der Waals surface area contributed by atoms with Crippen LogP contribution in [-0.2, 0) is 6.54 Å². The van der Waals surface area contributed by atoms with Crippen molar-refractivity contribution in [3.05, 3.63) is 58.6 Å². The number of nitriles is 1. The molecular weight excluding hydrogens is 350 g/mol. The normalized spacial score (nSPS) is 9.71. The number of amides is 2. The summed E-state index contributed by atoms with van der Waals surface area (Å²) in [6.07, 6.45) is 0. The fraction of sp³-hybridized carbons (Fsp3) is 0.0667. The second-order valence-electron chi connectivity index (χ2n) is 4.16. The van der Waals surface area contributed by atoms with Crippen LogP contribution in [0.25, 0.3) is 0 Å². The highest BCUT2D eigenvalue weighted by Crippen LogP contribution is 2.18. The van der Waals surface area contributed by atoms with Crippen LogP contribution in [0.5, 0.6) is 0 Å². The molecule has 0 radical (unpaired) electrons. The third kappa shape index (κ3) is 5.14. The van der Waals surface area contributed by atoms with Gasteiger partial charge in [0.15, 0.2) is 0 Å². The first-order valence-corrected chi connectivity index (χ1v) is 7.73. The van der Waals surface area contributed by atoms with Gasteiger partial charge in [0.1, 0.15) is 5.40 Å². The second-order valence-corrected chi connectivity index (χ2v) is 5.93. The number of carbonyl (C=O) groups is 1. The molecule has 0 heterocycles. The molecule has 0 spiro atoms. The van der Waals surface area contributed by atoms with Gasteiger partial charge in [0.25, 0.3) is 0 Å². The van der Waals surface area contributed by atoms with Gasteiger partial charge in [-0.25, -0.2) is 4.79 Å². The molecule has 0 bridgehead atoms. The van der Waals surface area contributed by atoms with Crippen LogP contribution < -0.4 is 10.6 Å². The van der Waals surface area contributed by atoms with E-state index in [1.54, 1.807) is 24.3 Å². The van der Waals surface area contributed by atoms with E-state index in [0.29, 0.717) is 12.2 Å². The van der Waals surface area contributed by atoms with E-state index >= 15 is 0 Å². The summed E-state index contributed by atoms with van der Waals surface area (Å²) in [5, 5.41) is 16.1. The number of thioether (sulfide) groups is 1. The predicted molar refractivity (Wildman–Crippen MR) is 87.9 cm³/mol. The maximum absolute atomic E-state index is 11.8. The fourth-order valence-corrected chi connectivity index (χ4v) is 2.49. The molecule has 0 aromatic heterocycles. The quantitative estimate of drug-likeness (QED) is 0.628. The number of nitrogens with zero attached hydrogens (tertiary/aromatic N) is 1. The van der Waals surface area contributed by atoms with E-state index in [0.717, 1.165) is 26.7 Å². The molecular formula is C15H12BrN3OS. The summed E-state index contributed by atoms with van der Waals surface area (Å²) in [4.78, 5) is 12.6. The van der Waals surface area contributed by atoms with E-state index in [1.807, 2.05) is 29.7 Å². The van der Waals surface area contributed by atoms with Crippen molar-refractivity contribution in [3.63, 3.8) is 0 Å². The smallest absolute Gasteiger partial charge is 0.319 e. The van der Waals surface area contributed by atoms with E-state index in [1.165, 1.54) is 0 Å². The minimum atomic E-state index is -0.268. The molecule has 2 rings (SSSR count). The standard InChI is InChI=1S/C15H12BrN3OS/c16-12-3-1-2-11(8-12)9-18-15(20)19-13-4-6-14(7-5-13)21-10-17/h1-8H,9H2,(H2,18,19,20). The first-order chi connectivity index (χ1) is 10.2. The minimum absolute atomic E-state index is 0.268. The lowest BCUT2D eigenvalue weighted by Crippen LogP contribution is -2.28. The number of anilines is 1. The van der Waals surface area contributed by atoms with Gasteiger partial charge in [-0.05, 0) is 53.7 Å². The molecule has 0 aliphatic rings. The molecule has 6 heteroatoms. The van der Waals surface area contributed by atoms with Crippen molar-refractivity contribution >= 4 is 39.4 Å². The summed E-state index contributed by atoms with van der Waals surface area (Å²) in [5.41, 5.74) is 1.70. The molecule has 0 aliphatic heterocycles. The van der Waals surface area contributed by atoms with Gasteiger partial charge in [-0.2, -0.15) is 5.26 Å². The zero-order chi connectivity index (χ0) is 15.1. The van der Waals surface area contributed by atoms with E-state index in [4.69, 9.17) is 5.26 Å². The Morgan fingerprint density at radius 2 is 2.00 bits per heavy atom. The third-order valence-corrected chi connectivity index (χ3v) is 3.71. The number of halogens is 1. The minimum Gasteiger partial charge on any atom is -0.334 e. The van der Waals surface area contributed by atoms with Crippen molar-refractivity contribution in [1.29, 1.82) is 5.26 Å². The van der Waals surface area contributed by atoms with E-state index in [2.05, 4.69) is 26.6 Å². The zero-order valence-electron chi connectivity index (χ0n) is 11.0. The first kappa shape index (κ1) is 15.4. The third-order valence-electron chi connectivity index (χ3n) is 2.62. The topological polar surface area (TPSA) is 64.9 Å². The Balaban J connectivity index is 1.85. The Hall–Kier alpha value is -1.97. The van der Waals surface area contributed by atoms with Gasteiger partial charge in [-0.1, -0.05) is 28.1 Å². The number of hydrogen-bond acceptors (Lipinski definition) is 3. The van der Waals surface area contributed by atoms with Crippen molar-refractivity contribution < 1.29 is 4.79 Å². The maximum atomic E-state index is 11.8. The lowest BCUT2D eigenvalue weighted by molar-refractivity contribution is 0.251. The summed E-state index contributed by atoms with van der Waals surface area (Å²) in [5.74, 6) is 0. The molecule has 2 aromatic rings. The molecule has 2 aromatic carbocycles. The fourth-order valence-electron chi connectivity index (χ4n) is 1.66. The molecule has 2 N–H and O–H groups in total. The van der Waals surface area contributed by atoms with Gasteiger partial charge in [-0.15, -0.1) is 0 Å². The van der Waals surface area contributed by atoms with Crippen LogP contribution in [0.2, 0.25) is 0 Å². The summed E-state index contributed by atoms with van der Waals surface area (Å²) in [7, 11) is 0. The van der Waals surface area contributed by atoms with Crippen molar-refractivity contribution in [2.45, 2.75) is 11.4 Å². The Kier molecular flexibility index (Phi) is 5.67. The van der Waals surface area contributed by atoms with Gasteiger partial charge in [0.2, 0.25) is 0 Å². The number of thiocyanates is 1. The van der Waals surface area contributed by atoms with Crippen LogP contribution in [0.4, 0.5) is 10.5 Å². The molecule has 21 heavy (non-hydrogen) atoms. The second kappa shape index (κ2) is 7.72. The average Bonchev–Trinajstić information content (AvgIpc) is 2.48. The van der Waals surface area contributed by atoms with E-state index < -0.39 is 0 Å². The van der Waals surface area contributed by atoms with Crippen LogP contribution in [0, 0.1) is 10.7 Å². The summed E-state index contributed by atoms with van der Waals surface area (Å²) < 4.78 is 0.979. The summed E-state index contributed by atoms with van der Waals surface area (Å²) >= 11 is 4.47. The van der Waals surface area contributed by atoms with E-state index in [9.17, 15) is 4.79 Å². The predicted octanol–water partition coefficient (Wildman–Crippen LogP) is 4.34. The molecule has 0 saturated heterocycles. The number of rotatable bonds is 4. The van der Waals surface area contributed by atoms with Crippen LogP contribution in [-0.4, -0.2) is 6.03 Å². The molecule has 4 nitrogen and oxygen atoms in total. The summed E-state index contributed by atoms with van der Waals surface area (Å²) in [6, 6.07) is 14.6. The van der Waals surface area contributed by atoms with Crippen LogP contribution in [0.1, 0.15) is 5.56 Å². The number of benzene rings is 2. The SMILES string of the molecule is N#CSc1ccc(NC(=O)NCc2cccc(Br)c2)cc1. The molecule has 2 amide bonds. The van der Waals surface area contributed by atoms with Gasteiger partial charge in [0.05, 0.1) is 0 Å². The van der Waals surface area contributed by atoms with Crippen molar-refractivity contribution in [3.8, 4) is 5.40 Å². The highest BCUT2D eigenvalue weighted by Gasteiger charge is 2.02. The summed E-state index contributed by atoms with van der Waals surface area (Å²) in [6.45, 7) is 0.452. The largest absolute Gasteiger partial charge is 0.334 e. The van der Waals surface area contributed by atoms with Crippen LogP contribution >= 0.6 is 27.7 Å². The monoisotopic (exact) mass is 361 g/mol. The highest BCUT2D eigenvalue weighted by molar-refractivity contribution is 9.10. The van der Waals surface area contributed by atoms with Gasteiger partial charge in [-0.3, -0.25) is 0 Å². The van der Waals surface area contributed by atoms with Crippen LogP contribution in [0.3, 0.4) is 0 Å². The Labute approximate surface area is 135 Å². The molecule has 106 valence electrons. The van der Waals surface area contributed by atoms with Crippen molar-refractivity contribution in [2.24, 2.45) is 0 Å². The molecule has 0 aliphatic carbocycles. The van der Waals surface area contributed by atoms with Gasteiger partial charge < -0.3 is 10.6 Å². The Morgan fingerprint density at radius 3 is 2.67 bits per heavy atom. The zero-order valence-corrected chi connectivity index (χ0v) is 13.4. The van der Waals surface area contributed by atoms with Crippen LogP contribution in [0.15, 0.2) is 57.9 Å².